The Bertz CT molecular complexity index is 1030. The van der Waals surface area contributed by atoms with Gasteiger partial charge in [0.15, 0.2) is 0 Å². The Hall–Kier alpha value is -3.52. The van der Waals surface area contributed by atoms with Crippen molar-refractivity contribution < 1.29 is 9.59 Å². The molecule has 0 aliphatic heterocycles. The lowest BCUT2D eigenvalue weighted by atomic mass is 9.79. The molecule has 2 nitrogen and oxygen atoms in total. The van der Waals surface area contributed by atoms with Gasteiger partial charge in [-0.3, -0.25) is 9.59 Å². The Labute approximate surface area is 152 Å². The summed E-state index contributed by atoms with van der Waals surface area (Å²) in [7, 11) is 0. The lowest BCUT2D eigenvalue weighted by molar-refractivity contribution is -0.130. The maximum Gasteiger partial charge on any atom is 0.234 e. The first kappa shape index (κ1) is 16.0. The number of rotatable bonds is 3. The van der Waals surface area contributed by atoms with E-state index >= 15 is 0 Å². The minimum Gasteiger partial charge on any atom is -0.286 e. The van der Waals surface area contributed by atoms with Gasteiger partial charge in [0, 0.05) is 11.1 Å². The molecule has 0 heterocycles. The zero-order valence-electron chi connectivity index (χ0n) is 14.1. The maximum atomic E-state index is 12.8. The summed E-state index contributed by atoms with van der Waals surface area (Å²) in [5, 5.41) is 0. The van der Waals surface area contributed by atoms with Gasteiger partial charge in [0.05, 0.1) is 0 Å². The Kier molecular flexibility index (Phi) is 4.16. The smallest absolute Gasteiger partial charge is 0.234 e. The van der Waals surface area contributed by atoms with Crippen LogP contribution in [0, 0.1) is 0 Å². The fourth-order valence-electron chi connectivity index (χ4n) is 3.27. The highest BCUT2D eigenvalue weighted by atomic mass is 16.2. The molecule has 2 heteroatoms. The number of carbonyl (C=O) groups is 2. The molecule has 0 radical (unpaired) electrons. The summed E-state index contributed by atoms with van der Waals surface area (Å²) in [6.45, 7) is 0. The summed E-state index contributed by atoms with van der Waals surface area (Å²) in [6, 6.07) is 28.9. The largest absolute Gasteiger partial charge is 0.286 e. The third-order valence-corrected chi connectivity index (χ3v) is 4.46. The first-order chi connectivity index (χ1) is 12.8. The average molecular weight is 336 g/mol. The quantitative estimate of drug-likeness (QED) is 0.507. The normalized spacial score (nSPS) is 14.4. The van der Waals surface area contributed by atoms with Crippen LogP contribution in [0.4, 0.5) is 0 Å². The van der Waals surface area contributed by atoms with Crippen LogP contribution in [0.2, 0.25) is 0 Å². The van der Waals surface area contributed by atoms with E-state index in [1.54, 1.807) is 0 Å². The molecule has 4 rings (SSSR count). The summed E-state index contributed by atoms with van der Waals surface area (Å²) in [4.78, 5) is 25.3. The van der Waals surface area contributed by atoms with Crippen LogP contribution in [-0.2, 0) is 9.59 Å². The predicted octanol–water partition coefficient (Wildman–Crippen LogP) is 4.83. The molecule has 1 aliphatic rings. The van der Waals surface area contributed by atoms with Crippen molar-refractivity contribution >= 4 is 28.3 Å². The molecular formula is C24H16O2. The fourth-order valence-corrected chi connectivity index (χ4v) is 3.27. The second-order valence-corrected chi connectivity index (χ2v) is 6.10. The van der Waals surface area contributed by atoms with Gasteiger partial charge in [-0.05, 0) is 28.3 Å². The number of hydrogen-bond donors (Lipinski definition) is 0. The second kappa shape index (κ2) is 6.77. The summed E-state index contributed by atoms with van der Waals surface area (Å²) < 4.78 is 0. The molecule has 0 aromatic heterocycles. The predicted molar refractivity (Wildman–Crippen MR) is 104 cm³/mol. The highest BCUT2D eigenvalue weighted by Crippen LogP contribution is 2.40. The number of Topliss-reactive ketones (excluding diaryl/α,β-unsaturated/α-hetero) is 1. The zero-order valence-corrected chi connectivity index (χ0v) is 14.1. The van der Waals surface area contributed by atoms with Crippen molar-refractivity contribution in [2.24, 2.45) is 0 Å². The summed E-state index contributed by atoms with van der Waals surface area (Å²) in [5.74, 6) is -0.947. The molecule has 1 aliphatic carbocycles. The Morgan fingerprint density at radius 1 is 0.462 bits per heavy atom. The first-order valence-corrected chi connectivity index (χ1v) is 8.47. The highest BCUT2D eigenvalue weighted by Gasteiger charge is 2.30. The van der Waals surface area contributed by atoms with Crippen LogP contribution in [0.5, 0.6) is 0 Å². The summed E-state index contributed by atoms with van der Waals surface area (Å²) in [5.41, 5.74) is 4.63. The van der Waals surface area contributed by atoms with E-state index in [9.17, 15) is 9.59 Å². The van der Waals surface area contributed by atoms with Crippen molar-refractivity contribution in [2.75, 3.05) is 0 Å². The van der Waals surface area contributed by atoms with E-state index in [-0.39, 0.29) is 0 Å². The Balaban J connectivity index is 2.05. The Morgan fingerprint density at radius 2 is 0.885 bits per heavy atom. The monoisotopic (exact) mass is 336 g/mol. The number of benzene rings is 3. The van der Waals surface area contributed by atoms with Crippen molar-refractivity contribution in [3.63, 3.8) is 0 Å². The van der Waals surface area contributed by atoms with Crippen LogP contribution < -0.4 is 0 Å². The van der Waals surface area contributed by atoms with E-state index in [2.05, 4.69) is 0 Å². The van der Waals surface area contributed by atoms with Crippen molar-refractivity contribution in [3.8, 4) is 0 Å². The van der Waals surface area contributed by atoms with Gasteiger partial charge < -0.3 is 0 Å². The maximum absolute atomic E-state index is 12.8. The number of carbonyl (C=O) groups excluding carboxylic acids is 2. The van der Waals surface area contributed by atoms with Gasteiger partial charge in [-0.1, -0.05) is 91.0 Å². The standard InChI is InChI=1S/C24H16O2/c25-21-16-20(17-10-4-1-5-11-17)22(18-12-6-2-7-13-18)23(24(21)26)19-14-8-3-9-15-19/h1-16H. The van der Waals surface area contributed by atoms with Crippen LogP contribution in [-0.4, -0.2) is 11.6 Å². The van der Waals surface area contributed by atoms with Gasteiger partial charge in [-0.15, -0.1) is 0 Å². The minimum atomic E-state index is -0.484. The van der Waals surface area contributed by atoms with Crippen LogP contribution >= 0.6 is 0 Å². The molecule has 0 fully saturated rings. The van der Waals surface area contributed by atoms with E-state index in [1.165, 1.54) is 6.08 Å². The first-order valence-electron chi connectivity index (χ1n) is 8.47. The van der Waals surface area contributed by atoms with Gasteiger partial charge in [-0.25, -0.2) is 0 Å². The van der Waals surface area contributed by atoms with E-state index in [0.717, 1.165) is 27.8 Å². The fraction of sp³-hybridized carbons (Fsp3) is 0. The molecule has 26 heavy (non-hydrogen) atoms. The molecule has 3 aromatic carbocycles. The second-order valence-electron chi connectivity index (χ2n) is 6.10. The van der Waals surface area contributed by atoms with Crippen molar-refractivity contribution in [1.29, 1.82) is 0 Å². The van der Waals surface area contributed by atoms with E-state index < -0.39 is 11.6 Å². The van der Waals surface area contributed by atoms with Gasteiger partial charge in [0.25, 0.3) is 0 Å². The van der Waals surface area contributed by atoms with E-state index in [0.29, 0.717) is 5.57 Å². The molecule has 0 atom stereocenters. The van der Waals surface area contributed by atoms with Gasteiger partial charge in [-0.2, -0.15) is 0 Å². The third kappa shape index (κ3) is 2.82. The van der Waals surface area contributed by atoms with E-state index in [4.69, 9.17) is 0 Å². The molecule has 0 amide bonds. The topological polar surface area (TPSA) is 34.1 Å². The van der Waals surface area contributed by atoms with Crippen molar-refractivity contribution in [2.45, 2.75) is 0 Å². The number of hydrogen-bond acceptors (Lipinski definition) is 2. The van der Waals surface area contributed by atoms with Crippen molar-refractivity contribution in [3.05, 3.63) is 114 Å². The summed E-state index contributed by atoms with van der Waals surface area (Å²) >= 11 is 0. The van der Waals surface area contributed by atoms with Crippen LogP contribution in [0.15, 0.2) is 97.1 Å². The third-order valence-electron chi connectivity index (χ3n) is 4.46. The average Bonchev–Trinajstić information content (AvgIpc) is 2.71. The molecule has 0 N–H and O–H groups in total. The van der Waals surface area contributed by atoms with Crippen molar-refractivity contribution in [1.82, 2.24) is 0 Å². The van der Waals surface area contributed by atoms with Crippen LogP contribution in [0.3, 0.4) is 0 Å². The molecule has 0 unspecified atom stereocenters. The van der Waals surface area contributed by atoms with Gasteiger partial charge in [0.2, 0.25) is 11.6 Å². The number of ketones is 2. The lowest BCUT2D eigenvalue weighted by Gasteiger charge is -2.22. The SMILES string of the molecule is O=C1C=C(c2ccccc2)C(c2ccccc2)=C(c2ccccc2)C1=O. The molecule has 124 valence electrons. The molecule has 0 saturated heterocycles. The zero-order chi connectivity index (χ0) is 17.9. The number of allylic oxidation sites excluding steroid dienone is 4. The molecular weight excluding hydrogens is 320 g/mol. The molecule has 3 aromatic rings. The van der Waals surface area contributed by atoms with Crippen LogP contribution in [0.25, 0.3) is 16.7 Å². The highest BCUT2D eigenvalue weighted by molar-refractivity contribution is 6.63. The van der Waals surface area contributed by atoms with Gasteiger partial charge >= 0.3 is 0 Å². The Morgan fingerprint density at radius 3 is 1.38 bits per heavy atom. The van der Waals surface area contributed by atoms with Gasteiger partial charge in [0.1, 0.15) is 0 Å². The molecule has 0 bridgehead atoms. The molecule has 0 spiro atoms. The minimum absolute atomic E-state index is 0.461. The summed E-state index contributed by atoms with van der Waals surface area (Å²) in [6.07, 6.45) is 1.46. The molecule has 0 saturated carbocycles. The van der Waals surface area contributed by atoms with E-state index in [1.807, 2.05) is 91.0 Å². The lowest BCUT2D eigenvalue weighted by Crippen LogP contribution is -2.20. The van der Waals surface area contributed by atoms with Crippen LogP contribution in [0.1, 0.15) is 16.7 Å².